The fourth-order valence-corrected chi connectivity index (χ4v) is 2.61. The van der Waals surface area contributed by atoms with Crippen LogP contribution in [0.4, 0.5) is 0 Å². The lowest BCUT2D eigenvalue weighted by Crippen LogP contribution is -2.19. The van der Waals surface area contributed by atoms with Crippen molar-refractivity contribution in [1.29, 1.82) is 0 Å². The van der Waals surface area contributed by atoms with Crippen LogP contribution in [0, 0.1) is 0 Å². The Balaban J connectivity index is 2.09. The molecule has 2 heterocycles. The molecule has 0 radical (unpaired) electrons. The number of aromatic carboxylic acids is 1. The van der Waals surface area contributed by atoms with Crippen molar-refractivity contribution in [2.24, 2.45) is 0 Å². The monoisotopic (exact) mass is 294 g/mol. The van der Waals surface area contributed by atoms with Gasteiger partial charge in [0.1, 0.15) is 0 Å². The molecule has 106 valence electrons. The Morgan fingerprint density at radius 1 is 1.50 bits per heavy atom. The second-order valence-corrected chi connectivity index (χ2v) is 5.35. The third-order valence-corrected chi connectivity index (χ3v) is 3.60. The van der Waals surface area contributed by atoms with Crippen molar-refractivity contribution in [1.82, 2.24) is 19.7 Å². The van der Waals surface area contributed by atoms with E-state index >= 15 is 0 Å². The van der Waals surface area contributed by atoms with Gasteiger partial charge in [-0.15, -0.1) is 5.10 Å². The molecule has 0 spiro atoms. The number of hydrogen-bond donors (Lipinski definition) is 2. The first-order valence-electron chi connectivity index (χ1n) is 5.97. The highest BCUT2D eigenvalue weighted by Gasteiger charge is 2.12. The third kappa shape index (κ3) is 3.08. The van der Waals surface area contributed by atoms with Crippen molar-refractivity contribution in [3.63, 3.8) is 0 Å². The van der Waals surface area contributed by atoms with E-state index in [2.05, 4.69) is 15.2 Å². The lowest BCUT2D eigenvalue weighted by Gasteiger charge is -2.08. The molecule has 0 unspecified atom stereocenters. The maximum Gasteiger partial charge on any atom is 0.344 e. The number of pyridine rings is 1. The SMILES string of the molecule is CC(C)n1c(SCc2ccc(C(=O)O)cn2)n[nH]c1=O. The second-order valence-electron chi connectivity index (χ2n) is 4.41. The van der Waals surface area contributed by atoms with Gasteiger partial charge < -0.3 is 5.11 Å². The van der Waals surface area contributed by atoms with E-state index < -0.39 is 5.97 Å². The fraction of sp³-hybridized carbons (Fsp3) is 0.333. The van der Waals surface area contributed by atoms with Crippen LogP contribution in [0.2, 0.25) is 0 Å². The topological polar surface area (TPSA) is 101 Å². The lowest BCUT2D eigenvalue weighted by atomic mass is 10.2. The summed E-state index contributed by atoms with van der Waals surface area (Å²) in [5, 5.41) is 15.8. The summed E-state index contributed by atoms with van der Waals surface area (Å²) in [6.07, 6.45) is 1.32. The zero-order valence-electron chi connectivity index (χ0n) is 11.0. The zero-order valence-corrected chi connectivity index (χ0v) is 11.8. The second kappa shape index (κ2) is 5.91. The number of aromatic nitrogens is 4. The summed E-state index contributed by atoms with van der Waals surface area (Å²) >= 11 is 1.37. The zero-order chi connectivity index (χ0) is 14.7. The number of thioether (sulfide) groups is 1. The van der Waals surface area contributed by atoms with Crippen LogP contribution in [-0.2, 0) is 5.75 Å². The van der Waals surface area contributed by atoms with Gasteiger partial charge in [0.25, 0.3) is 0 Å². The van der Waals surface area contributed by atoms with Gasteiger partial charge in [-0.25, -0.2) is 14.7 Å². The molecule has 0 fully saturated rings. The third-order valence-electron chi connectivity index (χ3n) is 2.61. The van der Waals surface area contributed by atoms with Gasteiger partial charge in [-0.2, -0.15) is 0 Å². The average Bonchev–Trinajstić information content (AvgIpc) is 2.78. The number of hydrogen-bond acceptors (Lipinski definition) is 5. The summed E-state index contributed by atoms with van der Waals surface area (Å²) in [4.78, 5) is 26.3. The minimum atomic E-state index is -1.00. The Morgan fingerprint density at radius 3 is 2.80 bits per heavy atom. The number of nitrogens with zero attached hydrogens (tertiary/aromatic N) is 3. The number of carboxylic acid groups (broad SMARTS) is 1. The van der Waals surface area contributed by atoms with Crippen molar-refractivity contribution in [3.05, 3.63) is 40.1 Å². The molecule has 2 N–H and O–H groups in total. The van der Waals surface area contributed by atoms with Gasteiger partial charge in [-0.1, -0.05) is 11.8 Å². The summed E-state index contributed by atoms with van der Waals surface area (Å²) < 4.78 is 1.57. The molecule has 0 atom stereocenters. The fourth-order valence-electron chi connectivity index (χ4n) is 1.62. The van der Waals surface area contributed by atoms with Gasteiger partial charge in [0.15, 0.2) is 5.16 Å². The number of aromatic amines is 1. The maximum atomic E-state index is 11.6. The minimum Gasteiger partial charge on any atom is -0.478 e. The smallest absolute Gasteiger partial charge is 0.344 e. The van der Waals surface area contributed by atoms with Crippen LogP contribution in [0.1, 0.15) is 35.9 Å². The van der Waals surface area contributed by atoms with E-state index in [0.29, 0.717) is 10.9 Å². The molecule has 2 rings (SSSR count). The summed E-state index contributed by atoms with van der Waals surface area (Å²) in [5.41, 5.74) is 0.639. The molecular weight excluding hydrogens is 280 g/mol. The Hall–Kier alpha value is -2.09. The molecular formula is C12H14N4O3S. The molecule has 8 heteroatoms. The number of nitrogens with one attached hydrogen (secondary N) is 1. The molecule has 0 aliphatic carbocycles. The van der Waals surface area contributed by atoms with E-state index in [9.17, 15) is 9.59 Å². The Bertz CT molecular complexity index is 660. The molecule has 0 saturated heterocycles. The van der Waals surface area contributed by atoms with Crippen molar-refractivity contribution in [2.45, 2.75) is 30.8 Å². The number of rotatable bonds is 5. The molecule has 0 aliphatic heterocycles. The van der Waals surface area contributed by atoms with E-state index in [-0.39, 0.29) is 17.3 Å². The number of carbonyl (C=O) groups is 1. The van der Waals surface area contributed by atoms with Crippen LogP contribution in [0.15, 0.2) is 28.3 Å². The highest BCUT2D eigenvalue weighted by atomic mass is 32.2. The molecule has 0 aliphatic rings. The van der Waals surface area contributed by atoms with Gasteiger partial charge >= 0.3 is 11.7 Å². The summed E-state index contributed by atoms with van der Waals surface area (Å²) in [5.74, 6) is -0.491. The van der Waals surface area contributed by atoms with Gasteiger partial charge in [0.2, 0.25) is 0 Å². The van der Waals surface area contributed by atoms with Crippen LogP contribution < -0.4 is 5.69 Å². The lowest BCUT2D eigenvalue weighted by molar-refractivity contribution is 0.0696. The minimum absolute atomic E-state index is 0.0195. The van der Waals surface area contributed by atoms with E-state index in [4.69, 9.17) is 5.11 Å². The van der Waals surface area contributed by atoms with Crippen LogP contribution in [0.5, 0.6) is 0 Å². The van der Waals surface area contributed by atoms with Gasteiger partial charge in [-0.05, 0) is 26.0 Å². The van der Waals surface area contributed by atoms with E-state index in [1.54, 1.807) is 10.6 Å². The van der Waals surface area contributed by atoms with Crippen LogP contribution in [-0.4, -0.2) is 30.8 Å². The molecule has 0 bridgehead atoms. The normalized spacial score (nSPS) is 10.9. The molecule has 2 aromatic rings. The number of carboxylic acids is 1. The number of H-pyrrole nitrogens is 1. The van der Waals surface area contributed by atoms with Gasteiger partial charge in [-0.3, -0.25) is 9.55 Å². The van der Waals surface area contributed by atoms with Crippen LogP contribution in [0.3, 0.4) is 0 Å². The van der Waals surface area contributed by atoms with Crippen molar-refractivity contribution >= 4 is 17.7 Å². The predicted molar refractivity (Wildman–Crippen MR) is 74.0 cm³/mol. The summed E-state index contributed by atoms with van der Waals surface area (Å²) in [7, 11) is 0. The molecule has 0 saturated carbocycles. The standard InChI is InChI=1S/C12H14N4O3S/c1-7(2)16-11(19)14-15-12(16)20-6-9-4-3-8(5-13-9)10(17)18/h3-5,7H,6H2,1-2H3,(H,14,19)(H,17,18). The van der Waals surface area contributed by atoms with Gasteiger partial charge in [0.05, 0.1) is 11.3 Å². The molecule has 20 heavy (non-hydrogen) atoms. The first kappa shape index (κ1) is 14.3. The first-order chi connectivity index (χ1) is 9.49. The largest absolute Gasteiger partial charge is 0.478 e. The average molecular weight is 294 g/mol. The highest BCUT2D eigenvalue weighted by Crippen LogP contribution is 2.20. The Kier molecular flexibility index (Phi) is 4.23. The Morgan fingerprint density at radius 2 is 2.25 bits per heavy atom. The van der Waals surface area contributed by atoms with Crippen molar-refractivity contribution in [2.75, 3.05) is 0 Å². The maximum absolute atomic E-state index is 11.6. The van der Waals surface area contributed by atoms with E-state index in [1.165, 1.54) is 24.0 Å². The van der Waals surface area contributed by atoms with E-state index in [1.807, 2.05) is 13.8 Å². The van der Waals surface area contributed by atoms with Crippen LogP contribution >= 0.6 is 11.8 Å². The highest BCUT2D eigenvalue weighted by molar-refractivity contribution is 7.98. The predicted octanol–water partition coefficient (Wildman–Crippen LogP) is 1.54. The molecule has 2 aromatic heterocycles. The van der Waals surface area contributed by atoms with Crippen molar-refractivity contribution in [3.8, 4) is 0 Å². The van der Waals surface area contributed by atoms with Gasteiger partial charge in [0, 0.05) is 18.0 Å². The summed E-state index contributed by atoms with van der Waals surface area (Å²) in [6.45, 7) is 3.81. The summed E-state index contributed by atoms with van der Waals surface area (Å²) in [6, 6.07) is 3.18. The molecule has 0 aromatic carbocycles. The van der Waals surface area contributed by atoms with E-state index in [0.717, 1.165) is 5.69 Å². The van der Waals surface area contributed by atoms with Crippen molar-refractivity contribution < 1.29 is 9.90 Å². The first-order valence-corrected chi connectivity index (χ1v) is 6.95. The van der Waals surface area contributed by atoms with Crippen LogP contribution in [0.25, 0.3) is 0 Å². The molecule has 0 amide bonds. The Labute approximate surface area is 119 Å². The molecule has 7 nitrogen and oxygen atoms in total. The quantitative estimate of drug-likeness (QED) is 0.811.